The summed E-state index contributed by atoms with van der Waals surface area (Å²) >= 11 is 0. The van der Waals surface area contributed by atoms with E-state index in [0.717, 1.165) is 121 Å². The number of carbonyl (C=O) groups is 4. The zero-order valence-electron chi connectivity index (χ0n) is 58.3. The SMILES string of the molecule is CCCCCCCCCCCCCCCCCCCCCCCCC(=O)O[C@H](COC(=O)CCCCCCCCCCCCCC(C)C)COP(=O)(O)OC[C@@H](O)COP(=O)(O)OC[C@@H](COC(=O)CCCCCCCCC)OC(=O)CCCCCCCCC. The second-order valence-electron chi connectivity index (χ2n) is 26.1. The maximum atomic E-state index is 13.0. The van der Waals surface area contributed by atoms with Gasteiger partial charge in [0.05, 0.1) is 26.4 Å². The Bertz CT molecular complexity index is 1740. The van der Waals surface area contributed by atoms with Gasteiger partial charge in [-0.3, -0.25) is 37.3 Å². The van der Waals surface area contributed by atoms with Crippen molar-refractivity contribution in [3.05, 3.63) is 0 Å². The molecule has 0 heterocycles. The van der Waals surface area contributed by atoms with Crippen molar-refractivity contribution in [2.75, 3.05) is 39.6 Å². The van der Waals surface area contributed by atoms with Crippen LogP contribution in [0, 0.1) is 5.92 Å². The minimum atomic E-state index is -4.95. The molecule has 3 N–H and O–H groups in total. The van der Waals surface area contributed by atoms with E-state index in [4.69, 9.17) is 37.0 Å². The number of hydrogen-bond acceptors (Lipinski definition) is 15. The molecule has 0 aliphatic heterocycles. The Morgan fingerprint density at radius 3 is 0.756 bits per heavy atom. The fourth-order valence-corrected chi connectivity index (χ4v) is 12.4. The van der Waals surface area contributed by atoms with E-state index in [0.29, 0.717) is 25.7 Å². The third-order valence-corrected chi connectivity index (χ3v) is 18.4. The summed E-state index contributed by atoms with van der Waals surface area (Å²) in [5, 5.41) is 10.5. The van der Waals surface area contributed by atoms with Gasteiger partial charge in [-0.2, -0.15) is 0 Å². The average Bonchev–Trinajstić information content (AvgIpc) is 3.70. The molecule has 0 aliphatic carbocycles. The zero-order valence-corrected chi connectivity index (χ0v) is 60.1. The van der Waals surface area contributed by atoms with E-state index in [-0.39, 0.29) is 25.7 Å². The highest BCUT2D eigenvalue weighted by Crippen LogP contribution is 2.45. The Labute approximate surface area is 549 Å². The van der Waals surface area contributed by atoms with Crippen LogP contribution in [0.2, 0.25) is 0 Å². The average molecular weight is 1330 g/mol. The number of esters is 4. The first-order chi connectivity index (χ1) is 43.5. The molecular weight excluding hydrogens is 1190 g/mol. The number of phosphoric ester groups is 2. The lowest BCUT2D eigenvalue weighted by Gasteiger charge is -2.21. The number of aliphatic hydroxyl groups excluding tert-OH is 1. The van der Waals surface area contributed by atoms with Crippen molar-refractivity contribution in [3.8, 4) is 0 Å². The highest BCUT2D eigenvalue weighted by atomic mass is 31.2. The predicted octanol–water partition coefficient (Wildman–Crippen LogP) is 20.5. The number of hydrogen-bond donors (Lipinski definition) is 3. The van der Waals surface area contributed by atoms with Gasteiger partial charge in [-0.15, -0.1) is 0 Å². The molecule has 17 nitrogen and oxygen atoms in total. The van der Waals surface area contributed by atoms with Gasteiger partial charge in [0.1, 0.15) is 19.3 Å². The van der Waals surface area contributed by atoms with E-state index in [1.165, 1.54) is 167 Å². The van der Waals surface area contributed by atoms with Crippen molar-refractivity contribution in [2.24, 2.45) is 5.92 Å². The van der Waals surface area contributed by atoms with E-state index < -0.39 is 97.5 Å². The minimum absolute atomic E-state index is 0.104. The number of unbranched alkanes of at least 4 members (excludes halogenated alkanes) is 43. The van der Waals surface area contributed by atoms with Crippen LogP contribution in [0.4, 0.5) is 0 Å². The van der Waals surface area contributed by atoms with Crippen molar-refractivity contribution >= 4 is 39.5 Å². The van der Waals surface area contributed by atoms with Gasteiger partial charge in [-0.25, -0.2) is 9.13 Å². The molecule has 90 heavy (non-hydrogen) atoms. The van der Waals surface area contributed by atoms with Crippen LogP contribution in [0.3, 0.4) is 0 Å². The van der Waals surface area contributed by atoms with E-state index in [1.54, 1.807) is 0 Å². The summed E-state index contributed by atoms with van der Waals surface area (Å²) in [5.74, 6) is -1.36. The topological polar surface area (TPSA) is 237 Å². The van der Waals surface area contributed by atoms with Crippen molar-refractivity contribution < 1.29 is 80.2 Å². The summed E-state index contributed by atoms with van der Waals surface area (Å²) in [5.41, 5.74) is 0. The summed E-state index contributed by atoms with van der Waals surface area (Å²) in [6, 6.07) is 0. The fourth-order valence-electron chi connectivity index (χ4n) is 10.8. The van der Waals surface area contributed by atoms with Crippen molar-refractivity contribution in [2.45, 2.75) is 387 Å². The third kappa shape index (κ3) is 64.8. The summed E-state index contributed by atoms with van der Waals surface area (Å²) < 4.78 is 68.0. The molecule has 0 aromatic rings. The number of rotatable bonds is 71. The molecule has 19 heteroatoms. The zero-order chi connectivity index (χ0) is 66.3. The van der Waals surface area contributed by atoms with Gasteiger partial charge in [-0.1, -0.05) is 317 Å². The molecule has 534 valence electrons. The lowest BCUT2D eigenvalue weighted by molar-refractivity contribution is -0.161. The summed E-state index contributed by atoms with van der Waals surface area (Å²) in [6.07, 6.45) is 51.9. The maximum absolute atomic E-state index is 13.0. The van der Waals surface area contributed by atoms with Gasteiger partial charge in [0, 0.05) is 25.7 Å². The van der Waals surface area contributed by atoms with E-state index in [9.17, 15) is 43.2 Å². The van der Waals surface area contributed by atoms with Gasteiger partial charge in [-0.05, 0) is 31.6 Å². The van der Waals surface area contributed by atoms with Crippen molar-refractivity contribution in [1.82, 2.24) is 0 Å². The summed E-state index contributed by atoms with van der Waals surface area (Å²) in [4.78, 5) is 72.2. The first-order valence-electron chi connectivity index (χ1n) is 37.1. The molecule has 0 amide bonds. The van der Waals surface area contributed by atoms with Gasteiger partial charge < -0.3 is 33.8 Å². The molecule has 0 saturated heterocycles. The van der Waals surface area contributed by atoms with Crippen LogP contribution in [-0.2, 0) is 65.4 Å². The van der Waals surface area contributed by atoms with Crippen LogP contribution in [-0.4, -0.2) is 96.7 Å². The predicted molar refractivity (Wildman–Crippen MR) is 363 cm³/mol. The number of carbonyl (C=O) groups excluding carboxylic acids is 4. The van der Waals surface area contributed by atoms with Crippen LogP contribution >= 0.6 is 15.6 Å². The Hall–Kier alpha value is -1.94. The Balaban J connectivity index is 5.09. The molecule has 0 bridgehead atoms. The molecule has 0 aromatic carbocycles. The fraction of sp³-hybridized carbons (Fsp3) is 0.944. The van der Waals surface area contributed by atoms with Gasteiger partial charge in [0.25, 0.3) is 0 Å². The Kier molecular flexibility index (Phi) is 63.0. The van der Waals surface area contributed by atoms with Crippen molar-refractivity contribution in [3.63, 3.8) is 0 Å². The highest BCUT2D eigenvalue weighted by molar-refractivity contribution is 7.47. The van der Waals surface area contributed by atoms with Gasteiger partial charge in [0.2, 0.25) is 0 Å². The quantitative estimate of drug-likeness (QED) is 0.0222. The molecular formula is C71H138O17P2. The molecule has 0 aromatic heterocycles. The Morgan fingerprint density at radius 2 is 0.511 bits per heavy atom. The van der Waals surface area contributed by atoms with Crippen LogP contribution in [0.1, 0.15) is 369 Å². The smallest absolute Gasteiger partial charge is 0.462 e. The molecule has 0 saturated carbocycles. The molecule has 0 aliphatic rings. The standard InChI is InChI=1S/C71H138O17P2/c1-6-9-12-15-18-19-20-21-22-23-24-25-26-27-28-29-30-33-37-42-47-52-57-71(76)88-67(61-82-69(74)55-50-45-41-36-34-31-32-35-40-43-48-53-64(4)5)63-86-90(79,80)84-59-65(72)58-83-89(77,78)85-62-66(87-70(75)56-51-46-39-17-14-11-8-3)60-81-68(73)54-49-44-38-16-13-10-7-2/h64-67,72H,6-63H2,1-5H3,(H,77,78)(H,79,80)/t65-,66+,67+/m0/s1. The van der Waals surface area contributed by atoms with Crippen LogP contribution < -0.4 is 0 Å². The van der Waals surface area contributed by atoms with Crippen LogP contribution in [0.5, 0.6) is 0 Å². The monoisotopic (exact) mass is 1320 g/mol. The van der Waals surface area contributed by atoms with E-state index in [1.807, 2.05) is 0 Å². The van der Waals surface area contributed by atoms with Crippen LogP contribution in [0.25, 0.3) is 0 Å². The van der Waals surface area contributed by atoms with Crippen molar-refractivity contribution in [1.29, 1.82) is 0 Å². The molecule has 0 spiro atoms. The largest absolute Gasteiger partial charge is 0.472 e. The number of ether oxygens (including phenoxy) is 4. The number of phosphoric acid groups is 2. The lowest BCUT2D eigenvalue weighted by Crippen LogP contribution is -2.30. The first kappa shape index (κ1) is 88.1. The van der Waals surface area contributed by atoms with E-state index >= 15 is 0 Å². The highest BCUT2D eigenvalue weighted by Gasteiger charge is 2.30. The second-order valence-corrected chi connectivity index (χ2v) is 29.0. The summed E-state index contributed by atoms with van der Waals surface area (Å²) in [7, 11) is -9.89. The van der Waals surface area contributed by atoms with Crippen LogP contribution in [0.15, 0.2) is 0 Å². The van der Waals surface area contributed by atoms with E-state index in [2.05, 4.69) is 34.6 Å². The van der Waals surface area contributed by atoms with Gasteiger partial charge in [0.15, 0.2) is 12.2 Å². The Morgan fingerprint density at radius 1 is 0.300 bits per heavy atom. The molecule has 0 radical (unpaired) electrons. The molecule has 0 fully saturated rings. The maximum Gasteiger partial charge on any atom is 0.472 e. The molecule has 2 unspecified atom stereocenters. The normalized spacial score (nSPS) is 14.1. The second kappa shape index (κ2) is 64.4. The number of aliphatic hydroxyl groups is 1. The molecule has 0 rings (SSSR count). The summed E-state index contributed by atoms with van der Waals surface area (Å²) in [6.45, 7) is 7.16. The third-order valence-electron chi connectivity index (χ3n) is 16.5. The lowest BCUT2D eigenvalue weighted by atomic mass is 10.0. The minimum Gasteiger partial charge on any atom is -0.462 e. The first-order valence-corrected chi connectivity index (χ1v) is 40.1. The molecule has 5 atom stereocenters. The van der Waals surface area contributed by atoms with Gasteiger partial charge >= 0.3 is 39.5 Å².